The summed E-state index contributed by atoms with van der Waals surface area (Å²) in [5.74, 6) is 0.173. The normalized spacial score (nSPS) is 14.7. The predicted octanol–water partition coefficient (Wildman–Crippen LogP) is 2.38. The molecule has 5 nitrogen and oxygen atoms in total. The van der Waals surface area contributed by atoms with Gasteiger partial charge in [0.1, 0.15) is 11.5 Å². The molecular weight excluding hydrogens is 304 g/mol. The fourth-order valence-electron chi connectivity index (χ4n) is 3.02. The van der Waals surface area contributed by atoms with Crippen LogP contribution in [0.1, 0.15) is 12.0 Å². The first kappa shape index (κ1) is 16.2. The molecule has 0 spiro atoms. The third-order valence-electron chi connectivity index (χ3n) is 4.43. The minimum absolute atomic E-state index is 0.0274. The number of nitrogens with zero attached hydrogens (tertiary/aromatic N) is 2. The number of anilines is 1. The second-order valence-corrected chi connectivity index (χ2v) is 6.02. The molecule has 1 fully saturated rings. The summed E-state index contributed by atoms with van der Waals surface area (Å²) in [6.07, 6.45) is 0.841. The van der Waals surface area contributed by atoms with E-state index < -0.39 is 0 Å². The minimum Gasteiger partial charge on any atom is -0.508 e. The van der Waals surface area contributed by atoms with Crippen LogP contribution in [0.25, 0.3) is 0 Å². The fourth-order valence-corrected chi connectivity index (χ4v) is 3.02. The van der Waals surface area contributed by atoms with Crippen LogP contribution in [-0.2, 0) is 11.2 Å². The van der Waals surface area contributed by atoms with E-state index in [-0.39, 0.29) is 17.4 Å². The topological polar surface area (TPSA) is 64.0 Å². The standard InChI is InChI=1S/C19H22N2O3/c22-17-8-6-15(18(23)14-17)7-9-19(24)21-12-10-20(11-13-21)16-4-2-1-3-5-16/h1-6,8,14,22-23H,7,9-13H2. The van der Waals surface area contributed by atoms with E-state index in [1.165, 1.54) is 17.8 Å². The first-order valence-electron chi connectivity index (χ1n) is 8.22. The van der Waals surface area contributed by atoms with Crippen molar-refractivity contribution in [2.75, 3.05) is 31.1 Å². The highest BCUT2D eigenvalue weighted by Crippen LogP contribution is 2.24. The number of para-hydroxylation sites is 1. The molecule has 0 aromatic heterocycles. The molecule has 2 N–H and O–H groups in total. The Kier molecular flexibility index (Phi) is 4.89. The Morgan fingerprint density at radius 1 is 0.958 bits per heavy atom. The molecule has 1 aliphatic heterocycles. The number of amides is 1. The molecule has 0 radical (unpaired) electrons. The summed E-state index contributed by atoms with van der Waals surface area (Å²) in [5.41, 5.74) is 1.88. The van der Waals surface area contributed by atoms with Gasteiger partial charge in [0.15, 0.2) is 0 Å². The van der Waals surface area contributed by atoms with E-state index in [1.807, 2.05) is 23.1 Å². The van der Waals surface area contributed by atoms with E-state index in [1.54, 1.807) is 6.07 Å². The van der Waals surface area contributed by atoms with Crippen molar-refractivity contribution in [2.45, 2.75) is 12.8 Å². The molecule has 1 aliphatic rings. The van der Waals surface area contributed by atoms with E-state index in [0.29, 0.717) is 18.4 Å². The number of carbonyl (C=O) groups excluding carboxylic acids is 1. The zero-order chi connectivity index (χ0) is 16.9. The summed E-state index contributed by atoms with van der Waals surface area (Å²) in [6, 6.07) is 14.7. The SMILES string of the molecule is O=C(CCc1ccc(O)cc1O)N1CCN(c2ccccc2)CC1. The number of hydrogen-bond donors (Lipinski definition) is 2. The van der Waals surface area contributed by atoms with E-state index in [9.17, 15) is 15.0 Å². The van der Waals surface area contributed by atoms with E-state index in [4.69, 9.17) is 0 Å². The Labute approximate surface area is 141 Å². The monoisotopic (exact) mass is 326 g/mol. The van der Waals surface area contributed by atoms with Crippen LogP contribution in [-0.4, -0.2) is 47.2 Å². The number of hydrogen-bond acceptors (Lipinski definition) is 4. The van der Waals surface area contributed by atoms with Crippen LogP contribution in [0.5, 0.6) is 11.5 Å². The molecule has 126 valence electrons. The molecule has 5 heteroatoms. The quantitative estimate of drug-likeness (QED) is 0.905. The van der Waals surface area contributed by atoms with Crippen LogP contribution in [0.3, 0.4) is 0 Å². The average molecular weight is 326 g/mol. The third-order valence-corrected chi connectivity index (χ3v) is 4.43. The summed E-state index contributed by atoms with van der Waals surface area (Å²) in [6.45, 7) is 3.10. The van der Waals surface area contributed by atoms with Gasteiger partial charge in [0, 0.05) is 44.4 Å². The lowest BCUT2D eigenvalue weighted by molar-refractivity contribution is -0.131. The largest absolute Gasteiger partial charge is 0.508 e. The number of phenols is 2. The Morgan fingerprint density at radius 2 is 1.67 bits per heavy atom. The van der Waals surface area contributed by atoms with Crippen LogP contribution < -0.4 is 4.90 Å². The van der Waals surface area contributed by atoms with Crippen LogP contribution >= 0.6 is 0 Å². The molecule has 0 unspecified atom stereocenters. The number of carbonyl (C=O) groups is 1. The Balaban J connectivity index is 1.50. The molecule has 0 bridgehead atoms. The minimum atomic E-state index is 0.0274. The van der Waals surface area contributed by atoms with Gasteiger partial charge in [-0.25, -0.2) is 0 Å². The molecule has 2 aromatic rings. The van der Waals surface area contributed by atoms with Crippen molar-refractivity contribution >= 4 is 11.6 Å². The van der Waals surface area contributed by atoms with E-state index in [0.717, 1.165) is 26.2 Å². The molecule has 1 saturated heterocycles. The molecule has 2 aromatic carbocycles. The Hall–Kier alpha value is -2.69. The van der Waals surface area contributed by atoms with Gasteiger partial charge in [0.05, 0.1) is 0 Å². The van der Waals surface area contributed by atoms with E-state index in [2.05, 4.69) is 17.0 Å². The molecule has 0 aliphatic carbocycles. The first-order valence-corrected chi connectivity index (χ1v) is 8.22. The van der Waals surface area contributed by atoms with Gasteiger partial charge in [-0.2, -0.15) is 0 Å². The van der Waals surface area contributed by atoms with Gasteiger partial charge in [-0.1, -0.05) is 24.3 Å². The van der Waals surface area contributed by atoms with Crippen LogP contribution in [0.2, 0.25) is 0 Å². The summed E-state index contributed by atoms with van der Waals surface area (Å²) in [7, 11) is 0. The fraction of sp³-hybridized carbons (Fsp3) is 0.316. The maximum Gasteiger partial charge on any atom is 0.223 e. The molecule has 1 heterocycles. The van der Waals surface area contributed by atoms with Gasteiger partial charge in [-0.15, -0.1) is 0 Å². The highest BCUT2D eigenvalue weighted by atomic mass is 16.3. The summed E-state index contributed by atoms with van der Waals surface area (Å²) < 4.78 is 0. The Bertz CT molecular complexity index is 695. The van der Waals surface area contributed by atoms with Crippen molar-refractivity contribution in [1.82, 2.24) is 4.90 Å². The lowest BCUT2D eigenvalue weighted by atomic mass is 10.1. The Morgan fingerprint density at radius 3 is 2.33 bits per heavy atom. The van der Waals surface area contributed by atoms with Gasteiger partial charge in [0.2, 0.25) is 5.91 Å². The predicted molar refractivity (Wildman–Crippen MR) is 93.3 cm³/mol. The second-order valence-electron chi connectivity index (χ2n) is 6.02. The van der Waals surface area contributed by atoms with Gasteiger partial charge in [-0.3, -0.25) is 4.79 Å². The molecule has 24 heavy (non-hydrogen) atoms. The third kappa shape index (κ3) is 3.79. The maximum atomic E-state index is 12.4. The first-order chi connectivity index (χ1) is 11.6. The lowest BCUT2D eigenvalue weighted by Gasteiger charge is -2.36. The van der Waals surface area contributed by atoms with Crippen molar-refractivity contribution in [3.05, 3.63) is 54.1 Å². The van der Waals surface area contributed by atoms with Crippen LogP contribution in [0.15, 0.2) is 48.5 Å². The number of piperazine rings is 1. The van der Waals surface area contributed by atoms with Crippen molar-refractivity contribution in [3.63, 3.8) is 0 Å². The van der Waals surface area contributed by atoms with Gasteiger partial charge < -0.3 is 20.0 Å². The zero-order valence-electron chi connectivity index (χ0n) is 13.6. The maximum absolute atomic E-state index is 12.4. The molecular formula is C19H22N2O3. The average Bonchev–Trinajstić information content (AvgIpc) is 2.62. The number of aryl methyl sites for hydroxylation is 1. The van der Waals surface area contributed by atoms with Crippen molar-refractivity contribution < 1.29 is 15.0 Å². The van der Waals surface area contributed by atoms with Crippen molar-refractivity contribution in [1.29, 1.82) is 0 Å². The summed E-state index contributed by atoms with van der Waals surface area (Å²) in [4.78, 5) is 16.5. The lowest BCUT2D eigenvalue weighted by Crippen LogP contribution is -2.48. The molecule has 3 rings (SSSR count). The number of rotatable bonds is 4. The summed E-state index contributed by atoms with van der Waals surface area (Å²) >= 11 is 0. The summed E-state index contributed by atoms with van der Waals surface area (Å²) in [5, 5.41) is 19.1. The van der Waals surface area contributed by atoms with Gasteiger partial charge >= 0.3 is 0 Å². The smallest absolute Gasteiger partial charge is 0.223 e. The van der Waals surface area contributed by atoms with Crippen molar-refractivity contribution in [2.24, 2.45) is 0 Å². The zero-order valence-corrected chi connectivity index (χ0v) is 13.6. The highest BCUT2D eigenvalue weighted by Gasteiger charge is 2.21. The van der Waals surface area contributed by atoms with E-state index >= 15 is 0 Å². The number of aromatic hydroxyl groups is 2. The van der Waals surface area contributed by atoms with Gasteiger partial charge in [0.25, 0.3) is 0 Å². The molecule has 1 amide bonds. The number of benzene rings is 2. The van der Waals surface area contributed by atoms with Crippen LogP contribution in [0, 0.1) is 0 Å². The highest BCUT2D eigenvalue weighted by molar-refractivity contribution is 5.77. The molecule has 0 atom stereocenters. The van der Waals surface area contributed by atoms with Gasteiger partial charge in [-0.05, 0) is 30.2 Å². The molecule has 0 saturated carbocycles. The van der Waals surface area contributed by atoms with Crippen LogP contribution in [0.4, 0.5) is 5.69 Å². The second kappa shape index (κ2) is 7.25. The number of phenolic OH excluding ortho intramolecular Hbond substituents is 2. The van der Waals surface area contributed by atoms with Crippen molar-refractivity contribution in [3.8, 4) is 11.5 Å².